The normalized spacial score (nSPS) is 23.7. The molecule has 0 spiro atoms. The van der Waals surface area contributed by atoms with E-state index in [2.05, 4.69) is 212 Å². The van der Waals surface area contributed by atoms with Gasteiger partial charge in [-0.1, -0.05) is 162 Å². The minimum atomic E-state index is 0.0663. The number of aryl methyl sites for hydroxylation is 2. The summed E-state index contributed by atoms with van der Waals surface area (Å²) in [6.45, 7) is 17.0. The summed E-state index contributed by atoms with van der Waals surface area (Å²) in [6, 6.07) is 14.8. The van der Waals surface area contributed by atoms with Crippen molar-refractivity contribution in [1.29, 1.82) is 0 Å². The third-order valence-electron chi connectivity index (χ3n) is 16.3. The summed E-state index contributed by atoms with van der Waals surface area (Å²) in [5.74, 6) is 5.00. The zero-order valence-corrected chi connectivity index (χ0v) is 54.1. The van der Waals surface area contributed by atoms with E-state index in [1.54, 1.807) is 65.0 Å². The van der Waals surface area contributed by atoms with E-state index in [1.807, 2.05) is 11.3 Å². The fourth-order valence-electron chi connectivity index (χ4n) is 12.1. The van der Waals surface area contributed by atoms with Crippen molar-refractivity contribution in [3.8, 4) is 0 Å². The van der Waals surface area contributed by atoms with E-state index < -0.39 is 0 Å². The predicted octanol–water partition coefficient (Wildman–Crippen LogP) is 24.2. The molecule has 0 saturated heterocycles. The van der Waals surface area contributed by atoms with Crippen molar-refractivity contribution < 1.29 is 0 Å². The minimum Gasteiger partial charge on any atom is -0.148 e. The van der Waals surface area contributed by atoms with Crippen LogP contribution < -0.4 is 0 Å². The van der Waals surface area contributed by atoms with Gasteiger partial charge in [-0.3, -0.25) is 0 Å². The molecule has 6 unspecified atom stereocenters. The quantitative estimate of drug-likeness (QED) is 0.0457. The first-order valence-corrected chi connectivity index (χ1v) is 38.0. The van der Waals surface area contributed by atoms with Crippen LogP contribution in [0.3, 0.4) is 0 Å². The number of hydrogen-bond acceptors (Lipinski definition) is 10. The summed E-state index contributed by atoms with van der Waals surface area (Å²) in [7, 11) is 0. The van der Waals surface area contributed by atoms with Crippen LogP contribution in [0.15, 0.2) is 82.5 Å². The Morgan fingerprint density at radius 3 is 1.76 bits per heavy atom. The van der Waals surface area contributed by atoms with E-state index in [9.17, 15) is 0 Å². The Kier molecular flexibility index (Phi) is 22.7. The van der Waals surface area contributed by atoms with Gasteiger partial charge in [-0.25, -0.2) is 0 Å². The average molecular weight is 1180 g/mol. The molecule has 0 N–H and O–H groups in total. The molecule has 6 atom stereocenters. The number of thioether (sulfide) groups is 6. The Bertz CT molecular complexity index is 2550. The molecular weight excluding hydrogens is 1090 g/mol. The molecule has 10 heteroatoms. The predicted molar refractivity (Wildman–Crippen MR) is 351 cm³/mol. The lowest BCUT2D eigenvalue weighted by atomic mass is 9.66. The minimum absolute atomic E-state index is 0.0663. The fourth-order valence-corrected chi connectivity index (χ4v) is 25.0. The van der Waals surface area contributed by atoms with Crippen molar-refractivity contribution in [2.45, 2.75) is 217 Å². The highest BCUT2D eigenvalue weighted by molar-refractivity contribution is 8.32. The summed E-state index contributed by atoms with van der Waals surface area (Å²) >= 11 is 21.4. The maximum atomic E-state index is 2.69. The summed E-state index contributed by atoms with van der Waals surface area (Å²) < 4.78 is 4.72. The maximum absolute atomic E-state index is 2.69. The largest absolute Gasteiger partial charge is 0.148 e. The number of unbranched alkanes of at least 4 members (excludes halogenated alkanes) is 12. The lowest BCUT2D eigenvalue weighted by Crippen LogP contribution is -2.31. The van der Waals surface area contributed by atoms with Crippen molar-refractivity contribution in [2.24, 2.45) is 17.8 Å². The monoisotopic (exact) mass is 1170 g/mol. The van der Waals surface area contributed by atoms with E-state index in [4.69, 9.17) is 0 Å². The van der Waals surface area contributed by atoms with Crippen LogP contribution in [0.1, 0.15) is 217 Å². The molecule has 0 amide bonds. The van der Waals surface area contributed by atoms with Crippen LogP contribution in [0.4, 0.5) is 0 Å². The van der Waals surface area contributed by atoms with Gasteiger partial charge >= 0.3 is 0 Å². The molecule has 3 aliphatic carbocycles. The van der Waals surface area contributed by atoms with Gasteiger partial charge in [0.15, 0.2) is 0 Å². The first-order chi connectivity index (χ1) is 36.2. The summed E-state index contributed by atoms with van der Waals surface area (Å²) in [5, 5.41) is 6.30. The van der Waals surface area contributed by atoms with Gasteiger partial charge in [0.25, 0.3) is 0 Å². The Labute approximate surface area is 491 Å². The van der Waals surface area contributed by atoms with Crippen LogP contribution in [-0.2, 0) is 29.8 Å². The topological polar surface area (TPSA) is 0 Å². The summed E-state index contributed by atoms with van der Waals surface area (Å²) in [5.41, 5.74) is 9.81. The lowest BCUT2D eigenvalue weighted by molar-refractivity contribution is 0.373. The molecular formula is C64H86S10. The Morgan fingerprint density at radius 2 is 1.12 bits per heavy atom. The molecule has 0 saturated carbocycles. The highest BCUT2D eigenvalue weighted by Gasteiger charge is 2.53. The van der Waals surface area contributed by atoms with E-state index in [-0.39, 0.29) is 5.41 Å². The van der Waals surface area contributed by atoms with Gasteiger partial charge in [-0.2, -0.15) is 0 Å². The van der Waals surface area contributed by atoms with Crippen molar-refractivity contribution in [2.75, 3.05) is 5.75 Å². The molecule has 6 heterocycles. The Morgan fingerprint density at radius 1 is 0.568 bits per heavy atom. The van der Waals surface area contributed by atoms with Crippen LogP contribution in [0, 0.1) is 17.8 Å². The molecule has 0 aromatic carbocycles. The lowest BCUT2D eigenvalue weighted by Gasteiger charge is -2.39. The van der Waals surface area contributed by atoms with Gasteiger partial charge in [0.2, 0.25) is 0 Å². The summed E-state index contributed by atoms with van der Waals surface area (Å²) in [6.07, 6.45) is 34.3. The van der Waals surface area contributed by atoms with Gasteiger partial charge in [0.1, 0.15) is 0 Å². The SMILES string of the molecule is CCCCCCc1ccc(CSC(SCc2ccc(CCCCCC)s2)=C2c3ccsc3C3(C)CC4=C(CC23)c2sccc2/C4=C(\SCC2=CC(C)C(CCCCCC)S2)SC2=CC(C)C(CCCCCC)S2)s1. The Balaban J connectivity index is 1.04. The van der Waals surface area contributed by atoms with Gasteiger partial charge in [-0.05, 0) is 138 Å². The molecule has 4 aromatic rings. The van der Waals surface area contributed by atoms with Crippen molar-refractivity contribution in [1.82, 2.24) is 0 Å². The molecule has 0 bridgehead atoms. The first-order valence-electron chi connectivity index (χ1n) is 29.1. The number of rotatable bonds is 31. The smallest absolute Gasteiger partial charge is 0.0540 e. The van der Waals surface area contributed by atoms with E-state index in [0.29, 0.717) is 23.0 Å². The van der Waals surface area contributed by atoms with Crippen molar-refractivity contribution in [3.63, 3.8) is 0 Å². The molecule has 402 valence electrons. The Hall–Kier alpha value is -0.400. The highest BCUT2D eigenvalue weighted by Crippen LogP contribution is 2.68. The zero-order chi connectivity index (χ0) is 51.4. The second kappa shape index (κ2) is 28.8. The second-order valence-electron chi connectivity index (χ2n) is 22.2. The van der Waals surface area contributed by atoms with Gasteiger partial charge < -0.3 is 0 Å². The van der Waals surface area contributed by atoms with Crippen molar-refractivity contribution in [3.05, 3.63) is 123 Å². The highest BCUT2D eigenvalue weighted by atomic mass is 32.2. The van der Waals surface area contributed by atoms with E-state index >= 15 is 0 Å². The number of fused-ring (bicyclic) bond motifs is 5. The van der Waals surface area contributed by atoms with Crippen LogP contribution in [0.5, 0.6) is 0 Å². The van der Waals surface area contributed by atoms with Gasteiger partial charge in [0, 0.05) is 88.0 Å². The second-order valence-corrected chi connectivity index (χ2v) is 33.9. The van der Waals surface area contributed by atoms with E-state index in [1.165, 1.54) is 144 Å². The molecule has 9 rings (SSSR count). The van der Waals surface area contributed by atoms with Gasteiger partial charge in [0.05, 0.1) is 4.24 Å². The average Bonchev–Trinajstić information content (AvgIpc) is 4.28. The van der Waals surface area contributed by atoms with Gasteiger partial charge in [-0.15, -0.1) is 104 Å². The standard InChI is InChI=1S/C64H86S10/c1-8-12-16-20-24-45-28-30-47(70-45)40-67-62(68-41-48-31-29-46(71-48)25-21-17-13-9-2)59-51-33-35-66-61(51)64(7)39-53-52(38-54(59)64)60-50(32-34-65-60)58(53)63(74-57-37-44(6)56(73-57)27-23-19-15-11-4)69-42-49-36-43(5)55(72-49)26-22-18-14-10-3/h28-37,43-44,54-56H,8-27,38-42H2,1-7H3/b63-58-. The zero-order valence-electron chi connectivity index (χ0n) is 45.9. The first kappa shape index (κ1) is 58.3. The number of thiophene rings is 4. The molecule has 4 aromatic heterocycles. The third kappa shape index (κ3) is 14.4. The van der Waals surface area contributed by atoms with Crippen LogP contribution in [0.25, 0.3) is 16.7 Å². The molecule has 0 radical (unpaired) electrons. The third-order valence-corrected chi connectivity index (χ3v) is 29.6. The summed E-state index contributed by atoms with van der Waals surface area (Å²) in [4.78, 5) is 11.1. The number of hydrogen-bond donors (Lipinski definition) is 0. The molecule has 0 fully saturated rings. The molecule has 2 aliphatic heterocycles. The fraction of sp³-hybridized carbons (Fsp3) is 0.594. The number of allylic oxidation sites excluding steroid dienone is 6. The van der Waals surface area contributed by atoms with Crippen LogP contribution in [-0.4, -0.2) is 16.3 Å². The van der Waals surface area contributed by atoms with Crippen LogP contribution >= 0.6 is 116 Å². The molecule has 0 nitrogen and oxygen atoms in total. The molecule has 74 heavy (non-hydrogen) atoms. The van der Waals surface area contributed by atoms with Crippen molar-refractivity contribution >= 4 is 133 Å². The van der Waals surface area contributed by atoms with Crippen LogP contribution in [0.2, 0.25) is 0 Å². The molecule has 5 aliphatic rings. The maximum Gasteiger partial charge on any atom is 0.0540 e. The van der Waals surface area contributed by atoms with E-state index in [0.717, 1.165) is 35.4 Å².